The summed E-state index contributed by atoms with van der Waals surface area (Å²) in [6.45, 7) is 6.98. The second-order valence-corrected chi connectivity index (χ2v) is 3.67. The monoisotopic (exact) mass is 239 g/mol. The molecule has 0 aliphatic heterocycles. The minimum Gasteiger partial charge on any atom is -0.464 e. The fourth-order valence-corrected chi connectivity index (χ4v) is 1.20. The fraction of sp³-hybridized carbons (Fsp3) is 0.667. The molecule has 0 aromatic rings. The van der Waals surface area contributed by atoms with Gasteiger partial charge in [0.25, 0.3) is 0 Å². The molecule has 0 saturated carbocycles. The highest BCUT2D eigenvalue weighted by molar-refractivity contribution is 5.78. The van der Waals surface area contributed by atoms with Crippen molar-refractivity contribution < 1.29 is 19.1 Å². The van der Waals surface area contributed by atoms with Crippen LogP contribution in [0.25, 0.3) is 0 Å². The summed E-state index contributed by atoms with van der Waals surface area (Å²) in [5.74, 6) is -0.415. The largest absolute Gasteiger partial charge is 0.464 e. The van der Waals surface area contributed by atoms with Crippen molar-refractivity contribution in [3.63, 3.8) is 0 Å². The van der Waals surface area contributed by atoms with Crippen LogP contribution in [0.5, 0.6) is 0 Å². The number of carbonyl (C=O) groups is 2. The highest BCUT2D eigenvalue weighted by atomic mass is 16.6. The molecule has 0 amide bonds. The summed E-state index contributed by atoms with van der Waals surface area (Å²) in [6, 6.07) is 0. The van der Waals surface area contributed by atoms with E-state index in [1.54, 1.807) is 13.0 Å². The Hall–Kier alpha value is -1.10. The first-order chi connectivity index (χ1) is 7.52. The van der Waals surface area contributed by atoms with Gasteiger partial charge in [0.1, 0.15) is 5.78 Å². The van der Waals surface area contributed by atoms with E-state index in [0.29, 0.717) is 12.8 Å². The zero-order chi connectivity index (χ0) is 12.6. The van der Waals surface area contributed by atoms with Crippen LogP contribution in [0.15, 0.2) is 12.7 Å². The van der Waals surface area contributed by atoms with E-state index < -0.39 is 12.1 Å². The van der Waals surface area contributed by atoms with E-state index in [0.717, 1.165) is 0 Å². The first-order valence-corrected chi connectivity index (χ1v) is 5.33. The van der Waals surface area contributed by atoms with Crippen LogP contribution in [-0.4, -0.2) is 40.0 Å². The Kier molecular flexibility index (Phi) is 10.8. The molecule has 0 saturated heterocycles. The molecule has 4 nitrogen and oxygen atoms in total. The first-order valence-electron chi connectivity index (χ1n) is 5.33. The Labute approximate surface area is 105 Å². The standard InChI is InChI=1S/C12H20O4.B/c1-5-6-11(9(2)13)7-8-16-12(14)10(3)15-4;/h5,10-11H,1,6-8H2,2-4H3;. The van der Waals surface area contributed by atoms with Crippen LogP contribution in [0.2, 0.25) is 0 Å². The molecule has 2 unspecified atom stereocenters. The molecule has 17 heavy (non-hydrogen) atoms. The Morgan fingerprint density at radius 1 is 1.41 bits per heavy atom. The van der Waals surface area contributed by atoms with E-state index in [1.165, 1.54) is 14.0 Å². The lowest BCUT2D eigenvalue weighted by atomic mass is 9.98. The van der Waals surface area contributed by atoms with E-state index in [2.05, 4.69) is 6.58 Å². The maximum atomic E-state index is 11.2. The molecule has 3 radical (unpaired) electrons. The molecule has 5 heteroatoms. The molecule has 0 rings (SSSR count). The molecular weight excluding hydrogens is 219 g/mol. The lowest BCUT2D eigenvalue weighted by molar-refractivity contribution is -0.154. The number of rotatable bonds is 8. The Bertz CT molecular complexity index is 253. The average molecular weight is 239 g/mol. The molecule has 2 atom stereocenters. The van der Waals surface area contributed by atoms with Crippen LogP contribution in [0, 0.1) is 5.92 Å². The highest BCUT2D eigenvalue weighted by Gasteiger charge is 2.16. The van der Waals surface area contributed by atoms with Crippen LogP contribution in [0.3, 0.4) is 0 Å². The van der Waals surface area contributed by atoms with Crippen LogP contribution in [0.4, 0.5) is 0 Å². The fourth-order valence-electron chi connectivity index (χ4n) is 1.20. The molecule has 0 N–H and O–H groups in total. The predicted molar refractivity (Wildman–Crippen MR) is 66.8 cm³/mol. The molecule has 0 fully saturated rings. The van der Waals surface area contributed by atoms with Crippen molar-refractivity contribution in [3.8, 4) is 0 Å². The van der Waals surface area contributed by atoms with Gasteiger partial charge in [-0.05, 0) is 26.7 Å². The van der Waals surface area contributed by atoms with Gasteiger partial charge in [-0.3, -0.25) is 4.79 Å². The van der Waals surface area contributed by atoms with E-state index in [9.17, 15) is 9.59 Å². The third-order valence-electron chi connectivity index (χ3n) is 2.42. The lowest BCUT2D eigenvalue weighted by Gasteiger charge is -2.13. The molecule has 0 bridgehead atoms. The zero-order valence-corrected chi connectivity index (χ0v) is 10.8. The smallest absolute Gasteiger partial charge is 0.334 e. The number of ketones is 1. The van der Waals surface area contributed by atoms with Gasteiger partial charge < -0.3 is 9.47 Å². The number of Topliss-reactive ketones (excluding diaryl/α,β-unsaturated/α-hetero) is 1. The van der Waals surface area contributed by atoms with Crippen LogP contribution < -0.4 is 0 Å². The van der Waals surface area contributed by atoms with Gasteiger partial charge >= 0.3 is 5.97 Å². The highest BCUT2D eigenvalue weighted by Crippen LogP contribution is 2.11. The summed E-state index contributed by atoms with van der Waals surface area (Å²) in [6.07, 6.45) is 2.29. The summed E-state index contributed by atoms with van der Waals surface area (Å²) in [5, 5.41) is 0. The normalized spacial score (nSPS) is 13.1. The Balaban J connectivity index is 0. The molecule has 95 valence electrons. The van der Waals surface area contributed by atoms with Crippen molar-refractivity contribution in [1.29, 1.82) is 0 Å². The number of hydrogen-bond donors (Lipinski definition) is 0. The number of esters is 1. The molecular formula is C12H20BO4. The van der Waals surface area contributed by atoms with Gasteiger partial charge in [0.2, 0.25) is 0 Å². The number of ether oxygens (including phenoxy) is 2. The van der Waals surface area contributed by atoms with Gasteiger partial charge in [-0.2, -0.15) is 0 Å². The van der Waals surface area contributed by atoms with E-state index in [-0.39, 0.29) is 26.7 Å². The van der Waals surface area contributed by atoms with Crippen molar-refractivity contribution in [2.24, 2.45) is 5.92 Å². The Morgan fingerprint density at radius 2 is 2.00 bits per heavy atom. The molecule has 0 aliphatic rings. The number of methoxy groups -OCH3 is 1. The summed E-state index contributed by atoms with van der Waals surface area (Å²) >= 11 is 0. The quantitative estimate of drug-likeness (QED) is 0.364. The summed E-state index contributed by atoms with van der Waals surface area (Å²) in [5.41, 5.74) is 0. The second-order valence-electron chi connectivity index (χ2n) is 3.67. The van der Waals surface area contributed by atoms with Crippen molar-refractivity contribution in [3.05, 3.63) is 12.7 Å². The van der Waals surface area contributed by atoms with Gasteiger partial charge in [-0.15, -0.1) is 6.58 Å². The molecule has 0 aromatic carbocycles. The topological polar surface area (TPSA) is 52.6 Å². The van der Waals surface area contributed by atoms with E-state index in [1.807, 2.05) is 0 Å². The van der Waals surface area contributed by atoms with Gasteiger partial charge in [-0.25, -0.2) is 4.79 Å². The van der Waals surface area contributed by atoms with Gasteiger partial charge in [-0.1, -0.05) is 6.08 Å². The van der Waals surface area contributed by atoms with Crippen LogP contribution >= 0.6 is 0 Å². The lowest BCUT2D eigenvalue weighted by Crippen LogP contribution is -2.23. The first kappa shape index (κ1) is 18.3. The van der Waals surface area contributed by atoms with Crippen molar-refractivity contribution in [1.82, 2.24) is 0 Å². The van der Waals surface area contributed by atoms with Gasteiger partial charge in [0.05, 0.1) is 6.61 Å². The minimum absolute atomic E-state index is 0. The van der Waals surface area contributed by atoms with Crippen molar-refractivity contribution >= 4 is 20.2 Å². The van der Waals surface area contributed by atoms with Crippen LogP contribution in [0.1, 0.15) is 26.7 Å². The summed E-state index contributed by atoms with van der Waals surface area (Å²) < 4.78 is 9.78. The second kappa shape index (κ2) is 10.1. The van der Waals surface area contributed by atoms with Crippen LogP contribution in [-0.2, 0) is 19.1 Å². The van der Waals surface area contributed by atoms with Crippen molar-refractivity contribution in [2.45, 2.75) is 32.8 Å². The third-order valence-corrected chi connectivity index (χ3v) is 2.42. The maximum Gasteiger partial charge on any atom is 0.334 e. The number of allylic oxidation sites excluding steroid dienone is 1. The molecule has 0 spiro atoms. The van der Waals surface area contributed by atoms with E-state index >= 15 is 0 Å². The predicted octanol–water partition coefficient (Wildman–Crippen LogP) is 1.36. The van der Waals surface area contributed by atoms with Gasteiger partial charge in [0.15, 0.2) is 6.10 Å². The summed E-state index contributed by atoms with van der Waals surface area (Å²) in [4.78, 5) is 22.4. The number of hydrogen-bond acceptors (Lipinski definition) is 4. The summed E-state index contributed by atoms with van der Waals surface area (Å²) in [7, 11) is 1.45. The average Bonchev–Trinajstić information content (AvgIpc) is 2.26. The molecule has 0 aromatic heterocycles. The molecule has 0 aliphatic carbocycles. The SMILES string of the molecule is C=CCC(CCOC(=O)C(C)OC)C(C)=O.[B]. The minimum atomic E-state index is -0.560. The molecule has 0 heterocycles. The van der Waals surface area contributed by atoms with E-state index in [4.69, 9.17) is 9.47 Å². The number of carbonyl (C=O) groups excluding carboxylic acids is 2. The third kappa shape index (κ3) is 7.74. The van der Waals surface area contributed by atoms with Gasteiger partial charge in [0, 0.05) is 21.4 Å². The Morgan fingerprint density at radius 3 is 2.41 bits per heavy atom. The zero-order valence-electron chi connectivity index (χ0n) is 10.8. The van der Waals surface area contributed by atoms with Crippen molar-refractivity contribution in [2.75, 3.05) is 13.7 Å². The maximum absolute atomic E-state index is 11.2.